The summed E-state index contributed by atoms with van der Waals surface area (Å²) in [6.07, 6.45) is 0. The van der Waals surface area contributed by atoms with Crippen LogP contribution < -0.4 is 10.2 Å². The maximum atomic E-state index is 11.2. The molecule has 0 amide bonds. The lowest BCUT2D eigenvalue weighted by molar-refractivity contribution is -0.134. The van der Waals surface area contributed by atoms with E-state index in [1.54, 1.807) is 20.1 Å². The van der Waals surface area contributed by atoms with Gasteiger partial charge in [-0.15, -0.1) is 0 Å². The fourth-order valence-corrected chi connectivity index (χ4v) is 1.35. The Bertz CT molecular complexity index is 461. The molecule has 0 aliphatic heterocycles. The quantitative estimate of drug-likeness (QED) is 0.507. The number of hydrogen-bond acceptors (Lipinski definition) is 5. The molecule has 0 aliphatic carbocycles. The lowest BCUT2D eigenvalue weighted by Crippen LogP contribution is -2.13. The molecule has 0 fully saturated rings. The van der Waals surface area contributed by atoms with Crippen molar-refractivity contribution in [2.24, 2.45) is 5.10 Å². The Labute approximate surface area is 111 Å². The number of benzene rings is 1. The summed E-state index contributed by atoms with van der Waals surface area (Å²) in [6.45, 7) is 3.87. The SMILES string of the molecule is CCOC(=O)/C(Cl)=N/Nc1cc(C)ccc1OC. The zero-order valence-electron chi connectivity index (χ0n) is 10.5. The highest BCUT2D eigenvalue weighted by Crippen LogP contribution is 2.25. The van der Waals surface area contributed by atoms with Crippen molar-refractivity contribution in [2.75, 3.05) is 19.1 Å². The first kappa shape index (κ1) is 14.3. The standard InChI is InChI=1S/C12H15ClN2O3/c1-4-18-12(16)11(13)15-14-9-7-8(2)5-6-10(9)17-3/h5-7,14H,4H2,1-3H3/b15-11-. The van der Waals surface area contributed by atoms with Crippen LogP contribution in [-0.2, 0) is 9.53 Å². The topological polar surface area (TPSA) is 59.9 Å². The molecule has 98 valence electrons. The van der Waals surface area contributed by atoms with Crippen molar-refractivity contribution in [1.82, 2.24) is 0 Å². The first-order chi connectivity index (χ1) is 8.58. The van der Waals surface area contributed by atoms with Gasteiger partial charge in [0.15, 0.2) is 0 Å². The van der Waals surface area contributed by atoms with Crippen LogP contribution in [0.15, 0.2) is 23.3 Å². The number of carbonyl (C=O) groups excluding carboxylic acids is 1. The van der Waals surface area contributed by atoms with Crippen LogP contribution in [0.5, 0.6) is 5.75 Å². The molecule has 5 nitrogen and oxygen atoms in total. The van der Waals surface area contributed by atoms with Gasteiger partial charge in [0.25, 0.3) is 0 Å². The lowest BCUT2D eigenvalue weighted by Gasteiger charge is -2.08. The summed E-state index contributed by atoms with van der Waals surface area (Å²) in [6, 6.07) is 5.53. The molecule has 1 rings (SSSR count). The molecule has 0 atom stereocenters. The van der Waals surface area contributed by atoms with E-state index in [4.69, 9.17) is 21.1 Å². The van der Waals surface area contributed by atoms with Crippen LogP contribution in [0.4, 0.5) is 5.69 Å². The van der Waals surface area contributed by atoms with E-state index in [-0.39, 0.29) is 11.8 Å². The van der Waals surface area contributed by atoms with Crippen LogP contribution in [0.1, 0.15) is 12.5 Å². The minimum atomic E-state index is -0.668. The number of carbonyl (C=O) groups is 1. The first-order valence-electron chi connectivity index (χ1n) is 5.39. The largest absolute Gasteiger partial charge is 0.495 e. The van der Waals surface area contributed by atoms with Crippen molar-refractivity contribution in [3.63, 3.8) is 0 Å². The molecule has 0 unspecified atom stereocenters. The van der Waals surface area contributed by atoms with Gasteiger partial charge in [0.2, 0.25) is 5.17 Å². The zero-order chi connectivity index (χ0) is 13.5. The summed E-state index contributed by atoms with van der Waals surface area (Å²) in [4.78, 5) is 11.2. The monoisotopic (exact) mass is 270 g/mol. The van der Waals surface area contributed by atoms with Gasteiger partial charge >= 0.3 is 5.97 Å². The maximum absolute atomic E-state index is 11.2. The molecule has 1 aromatic rings. The molecular weight excluding hydrogens is 256 g/mol. The predicted octanol–water partition coefficient (Wildman–Crippen LogP) is 2.53. The summed E-state index contributed by atoms with van der Waals surface area (Å²) < 4.78 is 9.85. The molecular formula is C12H15ClN2O3. The number of hydrazone groups is 1. The normalized spacial score (nSPS) is 11.0. The minimum absolute atomic E-state index is 0.248. The van der Waals surface area contributed by atoms with Crippen LogP contribution in [0.2, 0.25) is 0 Å². The number of esters is 1. The summed E-state index contributed by atoms with van der Waals surface area (Å²) in [5.74, 6) is -0.0593. The number of halogens is 1. The van der Waals surface area contributed by atoms with E-state index >= 15 is 0 Å². The number of hydrogen-bond donors (Lipinski definition) is 1. The summed E-state index contributed by atoms with van der Waals surface area (Å²) in [5, 5.41) is 3.48. The van der Waals surface area contributed by atoms with Gasteiger partial charge < -0.3 is 9.47 Å². The molecule has 0 bridgehead atoms. The van der Waals surface area contributed by atoms with Crippen LogP contribution >= 0.6 is 11.6 Å². The number of nitrogens with zero attached hydrogens (tertiary/aromatic N) is 1. The Kier molecular flexibility index (Phi) is 5.45. The zero-order valence-corrected chi connectivity index (χ0v) is 11.2. The fraction of sp³-hybridized carbons (Fsp3) is 0.333. The molecule has 1 N–H and O–H groups in total. The number of methoxy groups -OCH3 is 1. The lowest BCUT2D eigenvalue weighted by atomic mass is 10.2. The number of ether oxygens (including phenoxy) is 2. The molecule has 0 radical (unpaired) electrons. The number of aryl methyl sites for hydroxylation is 1. The molecule has 0 aliphatic rings. The van der Waals surface area contributed by atoms with Crippen molar-refractivity contribution >= 4 is 28.4 Å². The third kappa shape index (κ3) is 3.92. The number of anilines is 1. The Balaban J connectivity index is 2.81. The number of rotatable bonds is 5. The molecule has 18 heavy (non-hydrogen) atoms. The van der Waals surface area contributed by atoms with Gasteiger partial charge in [-0.25, -0.2) is 4.79 Å². The second kappa shape index (κ2) is 6.86. The average molecular weight is 271 g/mol. The Hall–Kier alpha value is -1.75. The highest BCUT2D eigenvalue weighted by Gasteiger charge is 2.09. The van der Waals surface area contributed by atoms with Crippen molar-refractivity contribution < 1.29 is 14.3 Å². The van der Waals surface area contributed by atoms with Crippen LogP contribution in [-0.4, -0.2) is 24.9 Å². The second-order valence-corrected chi connectivity index (χ2v) is 3.80. The van der Waals surface area contributed by atoms with Gasteiger partial charge in [0, 0.05) is 0 Å². The van der Waals surface area contributed by atoms with Crippen LogP contribution in [0.3, 0.4) is 0 Å². The summed E-state index contributed by atoms with van der Waals surface area (Å²) in [7, 11) is 1.55. The molecule has 0 saturated heterocycles. The van der Waals surface area contributed by atoms with Gasteiger partial charge in [-0.3, -0.25) is 5.43 Å². The van der Waals surface area contributed by atoms with Crippen molar-refractivity contribution in [1.29, 1.82) is 0 Å². The Morgan fingerprint density at radius 3 is 2.83 bits per heavy atom. The van der Waals surface area contributed by atoms with Gasteiger partial charge in [0.05, 0.1) is 19.4 Å². The van der Waals surface area contributed by atoms with Crippen molar-refractivity contribution in [3.8, 4) is 5.75 Å². The van der Waals surface area contributed by atoms with Crippen molar-refractivity contribution in [3.05, 3.63) is 23.8 Å². The van der Waals surface area contributed by atoms with E-state index in [2.05, 4.69) is 10.5 Å². The smallest absolute Gasteiger partial charge is 0.370 e. The van der Waals surface area contributed by atoms with E-state index in [1.165, 1.54) is 0 Å². The van der Waals surface area contributed by atoms with E-state index < -0.39 is 5.97 Å². The third-order valence-electron chi connectivity index (χ3n) is 2.07. The summed E-state index contributed by atoms with van der Waals surface area (Å²) in [5.41, 5.74) is 4.33. The van der Waals surface area contributed by atoms with E-state index in [1.807, 2.05) is 19.1 Å². The first-order valence-corrected chi connectivity index (χ1v) is 5.77. The van der Waals surface area contributed by atoms with E-state index in [9.17, 15) is 4.79 Å². The van der Waals surface area contributed by atoms with E-state index in [0.29, 0.717) is 11.4 Å². The minimum Gasteiger partial charge on any atom is -0.495 e. The average Bonchev–Trinajstić information content (AvgIpc) is 2.36. The molecule has 1 aromatic carbocycles. The summed E-state index contributed by atoms with van der Waals surface area (Å²) >= 11 is 5.67. The highest BCUT2D eigenvalue weighted by molar-refractivity contribution is 6.82. The fourth-order valence-electron chi connectivity index (χ4n) is 1.25. The van der Waals surface area contributed by atoms with Crippen LogP contribution in [0.25, 0.3) is 0 Å². The predicted molar refractivity (Wildman–Crippen MR) is 71.3 cm³/mol. The molecule has 0 aromatic heterocycles. The Morgan fingerprint density at radius 2 is 2.22 bits per heavy atom. The van der Waals surface area contributed by atoms with Gasteiger partial charge in [0.1, 0.15) is 5.75 Å². The van der Waals surface area contributed by atoms with E-state index in [0.717, 1.165) is 5.56 Å². The van der Waals surface area contributed by atoms with Crippen molar-refractivity contribution in [2.45, 2.75) is 13.8 Å². The molecule has 0 saturated carbocycles. The number of nitrogens with one attached hydrogen (secondary N) is 1. The third-order valence-corrected chi connectivity index (χ3v) is 2.31. The van der Waals surface area contributed by atoms with Gasteiger partial charge in [-0.05, 0) is 31.5 Å². The molecule has 6 heteroatoms. The molecule has 0 heterocycles. The molecule has 0 spiro atoms. The maximum Gasteiger partial charge on any atom is 0.370 e. The van der Waals surface area contributed by atoms with Crippen LogP contribution in [0, 0.1) is 6.92 Å². The van der Waals surface area contributed by atoms with Gasteiger partial charge in [-0.2, -0.15) is 5.10 Å². The highest BCUT2D eigenvalue weighted by atomic mass is 35.5. The Morgan fingerprint density at radius 1 is 1.50 bits per heavy atom. The second-order valence-electron chi connectivity index (χ2n) is 3.44. The van der Waals surface area contributed by atoms with Gasteiger partial charge in [-0.1, -0.05) is 17.7 Å².